The fourth-order valence-electron chi connectivity index (χ4n) is 1.80. The molecule has 0 aliphatic carbocycles. The first-order valence-electron chi connectivity index (χ1n) is 5.98. The van der Waals surface area contributed by atoms with Gasteiger partial charge in [-0.05, 0) is 19.1 Å². The lowest BCUT2D eigenvalue weighted by molar-refractivity contribution is -0.137. The topological polar surface area (TPSA) is 101 Å². The number of rotatable bonds is 4. The average Bonchev–Trinajstić information content (AvgIpc) is 2.38. The SMILES string of the molecule is CC(CC(=O)O)NC(=O)c1cnc2ccccn2c1=O. The number of fused-ring (bicyclic) bond motifs is 1. The molecule has 0 radical (unpaired) electrons. The van der Waals surface area contributed by atoms with Crippen molar-refractivity contribution in [1.82, 2.24) is 14.7 Å². The molecule has 0 aliphatic rings. The van der Waals surface area contributed by atoms with Gasteiger partial charge in [0, 0.05) is 18.4 Å². The van der Waals surface area contributed by atoms with Gasteiger partial charge in [-0.15, -0.1) is 0 Å². The van der Waals surface area contributed by atoms with Gasteiger partial charge < -0.3 is 10.4 Å². The van der Waals surface area contributed by atoms with E-state index >= 15 is 0 Å². The molecule has 2 aromatic rings. The third-order valence-corrected chi connectivity index (χ3v) is 2.72. The van der Waals surface area contributed by atoms with Gasteiger partial charge in [0.25, 0.3) is 11.5 Å². The minimum atomic E-state index is -1.02. The highest BCUT2D eigenvalue weighted by Crippen LogP contribution is 1.99. The molecule has 2 aromatic heterocycles. The van der Waals surface area contributed by atoms with Gasteiger partial charge in [-0.3, -0.25) is 18.8 Å². The molecule has 0 saturated carbocycles. The average molecular weight is 275 g/mol. The zero-order chi connectivity index (χ0) is 14.7. The van der Waals surface area contributed by atoms with Crippen LogP contribution in [0.5, 0.6) is 0 Å². The van der Waals surface area contributed by atoms with Crippen molar-refractivity contribution in [2.45, 2.75) is 19.4 Å². The van der Waals surface area contributed by atoms with Gasteiger partial charge in [0.1, 0.15) is 11.2 Å². The van der Waals surface area contributed by atoms with E-state index in [2.05, 4.69) is 10.3 Å². The summed E-state index contributed by atoms with van der Waals surface area (Å²) < 4.78 is 1.26. The third-order valence-electron chi connectivity index (χ3n) is 2.72. The Morgan fingerprint density at radius 2 is 2.20 bits per heavy atom. The van der Waals surface area contributed by atoms with Crippen LogP contribution in [0.1, 0.15) is 23.7 Å². The van der Waals surface area contributed by atoms with Gasteiger partial charge >= 0.3 is 5.97 Å². The first-order chi connectivity index (χ1) is 9.49. The molecule has 0 aromatic carbocycles. The van der Waals surface area contributed by atoms with Crippen molar-refractivity contribution in [3.05, 3.63) is 46.5 Å². The van der Waals surface area contributed by atoms with Crippen molar-refractivity contribution in [2.24, 2.45) is 0 Å². The molecule has 20 heavy (non-hydrogen) atoms. The number of hydrogen-bond donors (Lipinski definition) is 2. The molecule has 2 heterocycles. The Kier molecular flexibility index (Phi) is 3.79. The predicted octanol–water partition coefficient (Wildman–Crippen LogP) is 0.287. The Morgan fingerprint density at radius 1 is 1.45 bits per heavy atom. The largest absolute Gasteiger partial charge is 0.481 e. The lowest BCUT2D eigenvalue weighted by atomic mass is 10.2. The van der Waals surface area contributed by atoms with Gasteiger partial charge in [0.2, 0.25) is 0 Å². The van der Waals surface area contributed by atoms with Crippen molar-refractivity contribution >= 4 is 17.5 Å². The highest BCUT2D eigenvalue weighted by atomic mass is 16.4. The Morgan fingerprint density at radius 3 is 2.90 bits per heavy atom. The Labute approximate surface area is 113 Å². The summed E-state index contributed by atoms with van der Waals surface area (Å²) in [6.45, 7) is 1.55. The lowest BCUT2D eigenvalue weighted by Gasteiger charge is -2.11. The monoisotopic (exact) mass is 275 g/mol. The minimum absolute atomic E-state index is 0.120. The number of carbonyl (C=O) groups excluding carboxylic acids is 1. The number of hydrogen-bond acceptors (Lipinski definition) is 4. The Balaban J connectivity index is 2.29. The van der Waals surface area contributed by atoms with E-state index in [-0.39, 0.29) is 12.0 Å². The van der Waals surface area contributed by atoms with E-state index in [1.165, 1.54) is 16.8 Å². The molecule has 0 spiro atoms. The first-order valence-corrected chi connectivity index (χ1v) is 5.98. The number of amides is 1. The fraction of sp³-hybridized carbons (Fsp3) is 0.231. The van der Waals surface area contributed by atoms with E-state index in [0.29, 0.717) is 5.65 Å². The number of nitrogens with zero attached hydrogens (tertiary/aromatic N) is 2. The van der Waals surface area contributed by atoms with Gasteiger partial charge in [0.15, 0.2) is 0 Å². The predicted molar refractivity (Wildman–Crippen MR) is 70.6 cm³/mol. The van der Waals surface area contributed by atoms with Crippen LogP contribution in [0.2, 0.25) is 0 Å². The van der Waals surface area contributed by atoms with E-state index in [9.17, 15) is 14.4 Å². The van der Waals surface area contributed by atoms with Crippen LogP contribution >= 0.6 is 0 Å². The number of carbonyl (C=O) groups is 2. The summed E-state index contributed by atoms with van der Waals surface area (Å²) >= 11 is 0. The molecule has 1 amide bonds. The zero-order valence-corrected chi connectivity index (χ0v) is 10.7. The van der Waals surface area contributed by atoms with Crippen LogP contribution in [0.4, 0.5) is 0 Å². The molecule has 1 unspecified atom stereocenters. The van der Waals surface area contributed by atoms with Crippen LogP contribution in [0.3, 0.4) is 0 Å². The standard InChI is InChI=1S/C13H13N3O4/c1-8(6-11(17)18)15-12(19)9-7-14-10-4-2-3-5-16(10)13(9)20/h2-5,7-8H,6H2,1H3,(H,15,19)(H,17,18). The fourth-order valence-corrected chi connectivity index (χ4v) is 1.80. The Hall–Kier alpha value is -2.70. The van der Waals surface area contributed by atoms with Gasteiger partial charge in [0.05, 0.1) is 6.42 Å². The van der Waals surface area contributed by atoms with Gasteiger partial charge in [-0.2, -0.15) is 0 Å². The van der Waals surface area contributed by atoms with E-state index < -0.39 is 23.5 Å². The van der Waals surface area contributed by atoms with E-state index in [1.54, 1.807) is 25.1 Å². The maximum Gasteiger partial charge on any atom is 0.305 e. The second kappa shape index (κ2) is 5.52. The second-order valence-corrected chi connectivity index (χ2v) is 4.38. The van der Waals surface area contributed by atoms with Crippen LogP contribution in [-0.4, -0.2) is 32.4 Å². The summed E-state index contributed by atoms with van der Waals surface area (Å²) in [4.78, 5) is 38.6. The van der Waals surface area contributed by atoms with Crippen LogP contribution < -0.4 is 10.9 Å². The van der Waals surface area contributed by atoms with Crippen LogP contribution in [0, 0.1) is 0 Å². The Bertz CT molecular complexity index is 723. The third kappa shape index (κ3) is 2.82. The molecule has 1 atom stereocenters. The summed E-state index contributed by atoms with van der Waals surface area (Å²) in [5.74, 6) is -1.65. The lowest BCUT2D eigenvalue weighted by Crippen LogP contribution is -2.37. The first kappa shape index (κ1) is 13.7. The highest BCUT2D eigenvalue weighted by Gasteiger charge is 2.16. The summed E-state index contributed by atoms with van der Waals surface area (Å²) in [6.07, 6.45) is 2.50. The summed E-state index contributed by atoms with van der Waals surface area (Å²) in [5, 5.41) is 11.1. The molecule has 2 N–H and O–H groups in total. The molecule has 7 nitrogen and oxygen atoms in total. The number of aromatic nitrogens is 2. The molecular formula is C13H13N3O4. The molecule has 104 valence electrons. The minimum Gasteiger partial charge on any atom is -0.481 e. The molecule has 2 rings (SSSR count). The molecule has 0 aliphatic heterocycles. The van der Waals surface area contributed by atoms with Crippen molar-refractivity contribution in [2.75, 3.05) is 0 Å². The maximum atomic E-state index is 12.1. The maximum absolute atomic E-state index is 12.1. The van der Waals surface area contributed by atoms with E-state index in [4.69, 9.17) is 5.11 Å². The molecule has 0 saturated heterocycles. The summed E-state index contributed by atoms with van der Waals surface area (Å²) in [7, 11) is 0. The highest BCUT2D eigenvalue weighted by molar-refractivity contribution is 5.94. The van der Waals surface area contributed by atoms with Crippen molar-refractivity contribution < 1.29 is 14.7 Å². The van der Waals surface area contributed by atoms with E-state index in [0.717, 1.165) is 0 Å². The normalized spacial score (nSPS) is 12.1. The number of carboxylic acids is 1. The molecule has 7 heteroatoms. The van der Waals surface area contributed by atoms with Crippen LogP contribution in [0.15, 0.2) is 35.4 Å². The van der Waals surface area contributed by atoms with Crippen molar-refractivity contribution in [1.29, 1.82) is 0 Å². The number of carboxylic acid groups (broad SMARTS) is 1. The van der Waals surface area contributed by atoms with Crippen LogP contribution in [0.25, 0.3) is 5.65 Å². The smallest absolute Gasteiger partial charge is 0.305 e. The van der Waals surface area contributed by atoms with Crippen LogP contribution in [-0.2, 0) is 4.79 Å². The molecule has 0 bridgehead atoms. The van der Waals surface area contributed by atoms with Gasteiger partial charge in [-0.1, -0.05) is 6.07 Å². The zero-order valence-electron chi connectivity index (χ0n) is 10.7. The van der Waals surface area contributed by atoms with Crippen molar-refractivity contribution in [3.63, 3.8) is 0 Å². The van der Waals surface area contributed by atoms with Crippen molar-refractivity contribution in [3.8, 4) is 0 Å². The quantitative estimate of drug-likeness (QED) is 0.835. The van der Waals surface area contributed by atoms with Gasteiger partial charge in [-0.25, -0.2) is 4.98 Å². The van der Waals surface area contributed by atoms with E-state index in [1.807, 2.05) is 0 Å². The molecular weight excluding hydrogens is 262 g/mol. The summed E-state index contributed by atoms with van der Waals surface area (Å²) in [6, 6.07) is 4.47. The number of pyridine rings is 1. The number of aliphatic carboxylic acids is 1. The molecule has 0 fully saturated rings. The summed E-state index contributed by atoms with van der Waals surface area (Å²) in [5.41, 5.74) is -0.172. The number of nitrogens with one attached hydrogen (secondary N) is 1. The second-order valence-electron chi connectivity index (χ2n) is 4.38.